The first kappa shape index (κ1) is 7.35. The second-order valence-corrected chi connectivity index (χ2v) is 3.22. The second kappa shape index (κ2) is 2.97. The highest BCUT2D eigenvalue weighted by Gasteiger charge is 2.22. The normalized spacial score (nSPS) is 17.0. The van der Waals surface area contributed by atoms with Gasteiger partial charge in [-0.1, -0.05) is 18.2 Å². The van der Waals surface area contributed by atoms with Gasteiger partial charge in [0.1, 0.15) is 0 Å². The van der Waals surface area contributed by atoms with Crippen LogP contribution in [0.15, 0.2) is 29.4 Å². The van der Waals surface area contributed by atoms with Gasteiger partial charge in [-0.3, -0.25) is 0 Å². The lowest BCUT2D eigenvalue weighted by atomic mass is 10.1. The van der Waals surface area contributed by atoms with Crippen LogP contribution >= 0.6 is 0 Å². The summed E-state index contributed by atoms with van der Waals surface area (Å²) >= 11 is 0. The Morgan fingerprint density at radius 1 is 1.42 bits per heavy atom. The van der Waals surface area contributed by atoms with Gasteiger partial charge in [0.2, 0.25) is 0 Å². The molecule has 0 spiro atoms. The van der Waals surface area contributed by atoms with Gasteiger partial charge >= 0.3 is 0 Å². The summed E-state index contributed by atoms with van der Waals surface area (Å²) in [5, 5.41) is 3.50. The van der Waals surface area contributed by atoms with Gasteiger partial charge in [-0.25, -0.2) is 0 Å². The van der Waals surface area contributed by atoms with Crippen molar-refractivity contribution < 1.29 is 0 Å². The van der Waals surface area contributed by atoms with Crippen molar-refractivity contribution in [3.8, 4) is 0 Å². The zero-order valence-electron chi connectivity index (χ0n) is 6.90. The molecule has 1 aromatic carbocycles. The number of hydrogen-bond donors (Lipinski definition) is 1. The smallest absolute Gasteiger partial charge is 0.0538 e. The maximum Gasteiger partial charge on any atom is 0.0538 e. The molecule has 2 nitrogen and oxygen atoms in total. The van der Waals surface area contributed by atoms with Crippen LogP contribution in [0.5, 0.6) is 0 Å². The molecule has 0 aliphatic heterocycles. The fraction of sp³-hybridized carbons (Fsp3) is 0.300. The Morgan fingerprint density at radius 3 is 2.92 bits per heavy atom. The first-order valence-corrected chi connectivity index (χ1v) is 4.23. The molecule has 0 radical (unpaired) electrons. The van der Waals surface area contributed by atoms with E-state index in [9.17, 15) is 0 Å². The summed E-state index contributed by atoms with van der Waals surface area (Å²) < 4.78 is 0. The molecule has 0 unspecified atom stereocenters. The summed E-state index contributed by atoms with van der Waals surface area (Å²) in [4.78, 5) is 0. The first-order valence-electron chi connectivity index (χ1n) is 4.23. The topological polar surface area (TPSA) is 38.4 Å². The number of nitrogens with zero attached hydrogens (tertiary/aromatic N) is 1. The van der Waals surface area contributed by atoms with Crippen molar-refractivity contribution in [3.05, 3.63) is 35.4 Å². The molecule has 62 valence electrons. The van der Waals surface area contributed by atoms with E-state index < -0.39 is 0 Å². The minimum atomic E-state index is 0.802. The summed E-state index contributed by atoms with van der Waals surface area (Å²) in [7, 11) is 0. The molecular weight excluding hydrogens is 148 g/mol. The third-order valence-corrected chi connectivity index (χ3v) is 2.18. The number of hydrazone groups is 1. The van der Waals surface area contributed by atoms with Gasteiger partial charge in [0.25, 0.3) is 0 Å². The molecule has 1 aliphatic rings. The molecule has 1 aromatic rings. The summed E-state index contributed by atoms with van der Waals surface area (Å²) in [6.45, 7) is 0. The van der Waals surface area contributed by atoms with Crippen molar-refractivity contribution in [1.82, 2.24) is 0 Å². The van der Waals surface area contributed by atoms with E-state index in [0.717, 1.165) is 11.5 Å². The van der Waals surface area contributed by atoms with Gasteiger partial charge in [-0.2, -0.15) is 5.10 Å². The lowest BCUT2D eigenvalue weighted by Gasteiger charge is -1.97. The van der Waals surface area contributed by atoms with Crippen LogP contribution in [-0.4, -0.2) is 6.21 Å². The van der Waals surface area contributed by atoms with Crippen molar-refractivity contribution >= 4 is 6.21 Å². The predicted molar refractivity (Wildman–Crippen MR) is 50.2 cm³/mol. The van der Waals surface area contributed by atoms with Crippen molar-refractivity contribution in [3.63, 3.8) is 0 Å². The molecule has 0 bridgehead atoms. The number of nitrogens with two attached hydrogens (primary N) is 1. The summed E-state index contributed by atoms with van der Waals surface area (Å²) in [6.07, 6.45) is 4.36. The molecule has 0 saturated heterocycles. The van der Waals surface area contributed by atoms with E-state index in [1.54, 1.807) is 6.21 Å². The Kier molecular flexibility index (Phi) is 1.82. The molecule has 0 atom stereocenters. The van der Waals surface area contributed by atoms with Gasteiger partial charge in [0.05, 0.1) is 6.21 Å². The van der Waals surface area contributed by atoms with Crippen molar-refractivity contribution in [1.29, 1.82) is 0 Å². The zero-order valence-corrected chi connectivity index (χ0v) is 6.90. The first-order chi connectivity index (χ1) is 5.90. The number of hydrogen-bond acceptors (Lipinski definition) is 2. The molecule has 2 heteroatoms. The van der Waals surface area contributed by atoms with Crippen LogP contribution in [-0.2, 0) is 0 Å². The van der Waals surface area contributed by atoms with Gasteiger partial charge < -0.3 is 5.84 Å². The SMILES string of the molecule is NN=Cc1cccc(C2CC2)c1. The summed E-state index contributed by atoms with van der Waals surface area (Å²) in [5.74, 6) is 5.87. The van der Waals surface area contributed by atoms with E-state index >= 15 is 0 Å². The van der Waals surface area contributed by atoms with Crippen molar-refractivity contribution in [2.24, 2.45) is 10.9 Å². The Bertz CT molecular complexity index is 300. The number of benzene rings is 1. The van der Waals surface area contributed by atoms with E-state index in [2.05, 4.69) is 23.3 Å². The molecule has 0 aromatic heterocycles. The fourth-order valence-corrected chi connectivity index (χ4v) is 1.40. The molecule has 0 amide bonds. The Balaban J connectivity index is 2.26. The van der Waals surface area contributed by atoms with E-state index in [-0.39, 0.29) is 0 Å². The highest BCUT2D eigenvalue weighted by Crippen LogP contribution is 2.39. The predicted octanol–water partition coefficient (Wildman–Crippen LogP) is 1.86. The van der Waals surface area contributed by atoms with E-state index in [4.69, 9.17) is 5.84 Å². The van der Waals surface area contributed by atoms with E-state index in [0.29, 0.717) is 0 Å². The van der Waals surface area contributed by atoms with Crippen LogP contribution in [0.2, 0.25) is 0 Å². The molecule has 1 saturated carbocycles. The van der Waals surface area contributed by atoms with Crippen LogP contribution in [0.3, 0.4) is 0 Å². The molecule has 1 aliphatic carbocycles. The van der Waals surface area contributed by atoms with Crippen LogP contribution in [0.4, 0.5) is 0 Å². The molecule has 0 heterocycles. The maximum absolute atomic E-state index is 5.07. The highest BCUT2D eigenvalue weighted by atomic mass is 15.1. The summed E-state index contributed by atoms with van der Waals surface area (Å²) in [6, 6.07) is 8.41. The minimum absolute atomic E-state index is 0.802. The van der Waals surface area contributed by atoms with Crippen LogP contribution in [0.1, 0.15) is 29.9 Å². The van der Waals surface area contributed by atoms with E-state index in [1.807, 2.05) is 6.07 Å². The van der Waals surface area contributed by atoms with Crippen LogP contribution < -0.4 is 5.84 Å². The monoisotopic (exact) mass is 160 g/mol. The van der Waals surface area contributed by atoms with E-state index in [1.165, 1.54) is 18.4 Å². The molecule has 2 rings (SSSR count). The third-order valence-electron chi connectivity index (χ3n) is 2.18. The molecule has 1 fully saturated rings. The standard InChI is InChI=1S/C10H12N2/c11-12-7-8-2-1-3-10(6-8)9-4-5-9/h1-3,6-7,9H,4-5,11H2. The van der Waals surface area contributed by atoms with Crippen LogP contribution in [0, 0.1) is 0 Å². The zero-order chi connectivity index (χ0) is 8.39. The molecule has 12 heavy (non-hydrogen) atoms. The van der Waals surface area contributed by atoms with Gasteiger partial charge in [-0.05, 0) is 36.0 Å². The Morgan fingerprint density at radius 2 is 2.25 bits per heavy atom. The summed E-state index contributed by atoms with van der Waals surface area (Å²) in [5.41, 5.74) is 2.52. The highest BCUT2D eigenvalue weighted by molar-refractivity contribution is 5.79. The molecular formula is C10H12N2. The average molecular weight is 160 g/mol. The van der Waals surface area contributed by atoms with Gasteiger partial charge in [0, 0.05) is 0 Å². The third kappa shape index (κ3) is 1.47. The number of rotatable bonds is 2. The lowest BCUT2D eigenvalue weighted by Crippen LogP contribution is -1.87. The lowest BCUT2D eigenvalue weighted by molar-refractivity contribution is 1.13. The Labute approximate surface area is 72.1 Å². The quantitative estimate of drug-likeness (QED) is 0.400. The fourth-order valence-electron chi connectivity index (χ4n) is 1.40. The van der Waals surface area contributed by atoms with Crippen LogP contribution in [0.25, 0.3) is 0 Å². The second-order valence-electron chi connectivity index (χ2n) is 3.22. The molecule has 2 N–H and O–H groups in total. The largest absolute Gasteiger partial charge is 0.323 e. The minimum Gasteiger partial charge on any atom is -0.323 e. The van der Waals surface area contributed by atoms with Crippen molar-refractivity contribution in [2.45, 2.75) is 18.8 Å². The maximum atomic E-state index is 5.07. The average Bonchev–Trinajstić information content (AvgIpc) is 2.88. The Hall–Kier alpha value is -1.31. The van der Waals surface area contributed by atoms with Gasteiger partial charge in [0.15, 0.2) is 0 Å². The van der Waals surface area contributed by atoms with Gasteiger partial charge in [-0.15, -0.1) is 0 Å². The van der Waals surface area contributed by atoms with Crippen molar-refractivity contribution in [2.75, 3.05) is 0 Å².